The van der Waals surface area contributed by atoms with Crippen molar-refractivity contribution in [2.75, 3.05) is 18.2 Å². The van der Waals surface area contributed by atoms with Gasteiger partial charge in [0.05, 0.1) is 18.5 Å². The van der Waals surface area contributed by atoms with Crippen molar-refractivity contribution in [3.63, 3.8) is 0 Å². The molecule has 4 aromatic rings. The van der Waals surface area contributed by atoms with Crippen LogP contribution in [0, 0.1) is 13.8 Å². The van der Waals surface area contributed by atoms with Crippen LogP contribution in [0.2, 0.25) is 0 Å². The fourth-order valence-electron chi connectivity index (χ4n) is 3.35. The average molecular weight is 510 g/mol. The molecular weight excluding hydrogens is 490 g/mol. The van der Waals surface area contributed by atoms with Crippen LogP contribution in [0.3, 0.4) is 0 Å². The van der Waals surface area contributed by atoms with Gasteiger partial charge >= 0.3 is 0 Å². The van der Waals surface area contributed by atoms with E-state index < -0.39 is 0 Å². The fraction of sp³-hybridized carbons (Fsp3) is 0.125. The van der Waals surface area contributed by atoms with Crippen LogP contribution in [0.4, 0.5) is 11.4 Å². The maximum atomic E-state index is 13.1. The molecule has 0 aliphatic heterocycles. The number of hydrogen-bond acceptors (Lipinski definition) is 6. The first kappa shape index (κ1) is 22.0. The molecule has 0 unspecified atom stereocenters. The van der Waals surface area contributed by atoms with Gasteiger partial charge in [-0.05, 0) is 61.9 Å². The summed E-state index contributed by atoms with van der Waals surface area (Å²) >= 11 is 4.68. The molecule has 2 aromatic heterocycles. The Morgan fingerprint density at radius 1 is 1.12 bits per heavy atom. The first-order valence-corrected chi connectivity index (χ1v) is 11.4. The molecule has 0 fully saturated rings. The van der Waals surface area contributed by atoms with Gasteiger partial charge < -0.3 is 15.8 Å². The molecule has 8 heteroatoms. The van der Waals surface area contributed by atoms with Gasteiger partial charge in [-0.2, -0.15) is 0 Å². The lowest BCUT2D eigenvalue weighted by molar-refractivity contribution is 0.102. The summed E-state index contributed by atoms with van der Waals surface area (Å²) in [5.74, 6) is 0.193. The Kier molecular flexibility index (Phi) is 5.99. The number of benzene rings is 2. The number of thiophene rings is 1. The number of nitrogens with one attached hydrogen (secondary N) is 1. The Labute approximate surface area is 197 Å². The van der Waals surface area contributed by atoms with Crippen molar-refractivity contribution < 1.29 is 14.3 Å². The molecule has 0 saturated heterocycles. The van der Waals surface area contributed by atoms with Gasteiger partial charge in [-0.25, -0.2) is 4.98 Å². The number of halogens is 1. The number of amides is 1. The van der Waals surface area contributed by atoms with Gasteiger partial charge in [-0.1, -0.05) is 22.0 Å². The topological polar surface area (TPSA) is 94.3 Å². The number of ketones is 1. The Bertz CT molecular complexity index is 1360. The minimum Gasteiger partial charge on any atom is -0.497 e. The Balaban J connectivity index is 1.70. The number of methoxy groups -OCH3 is 1. The number of nitrogens with zero attached hydrogens (tertiary/aromatic N) is 1. The molecule has 2 aromatic carbocycles. The largest absolute Gasteiger partial charge is 0.497 e. The number of fused-ring (bicyclic) bond motifs is 1. The minimum absolute atomic E-state index is 0.166. The third-order valence-electron chi connectivity index (χ3n) is 5.23. The van der Waals surface area contributed by atoms with E-state index >= 15 is 0 Å². The summed E-state index contributed by atoms with van der Waals surface area (Å²) in [5.41, 5.74) is 9.80. The predicted molar refractivity (Wildman–Crippen MR) is 132 cm³/mol. The lowest BCUT2D eigenvalue weighted by atomic mass is 10.0. The van der Waals surface area contributed by atoms with Crippen molar-refractivity contribution >= 4 is 60.5 Å². The quantitative estimate of drug-likeness (QED) is 0.334. The SMILES string of the molecule is COc1ccc(C(=O)c2cc3c(N)c(C(=O)Nc4cccc(Br)c4C)sc3nc2C)cc1. The Hall–Kier alpha value is -3.23. The summed E-state index contributed by atoms with van der Waals surface area (Å²) in [6.07, 6.45) is 0. The maximum Gasteiger partial charge on any atom is 0.267 e. The van der Waals surface area contributed by atoms with Crippen molar-refractivity contribution in [1.82, 2.24) is 4.98 Å². The molecule has 32 heavy (non-hydrogen) atoms. The predicted octanol–water partition coefficient (Wildman–Crippen LogP) is 5.75. The van der Waals surface area contributed by atoms with Gasteiger partial charge in [0.1, 0.15) is 15.5 Å². The van der Waals surface area contributed by atoms with Gasteiger partial charge in [0, 0.05) is 26.7 Å². The molecule has 2 heterocycles. The molecule has 1 amide bonds. The molecule has 0 aliphatic carbocycles. The zero-order chi connectivity index (χ0) is 23.0. The monoisotopic (exact) mass is 509 g/mol. The highest BCUT2D eigenvalue weighted by Gasteiger charge is 2.21. The highest BCUT2D eigenvalue weighted by atomic mass is 79.9. The minimum atomic E-state index is -0.313. The fourth-order valence-corrected chi connectivity index (χ4v) is 4.73. The molecule has 3 N–H and O–H groups in total. The molecule has 4 rings (SSSR count). The number of carbonyl (C=O) groups is 2. The van der Waals surface area contributed by atoms with E-state index in [0.717, 1.165) is 10.0 Å². The van der Waals surface area contributed by atoms with Crippen molar-refractivity contribution in [3.05, 3.63) is 80.3 Å². The van der Waals surface area contributed by atoms with Crippen LogP contribution in [0.1, 0.15) is 36.9 Å². The molecule has 0 saturated carbocycles. The van der Waals surface area contributed by atoms with Crippen LogP contribution in [-0.2, 0) is 0 Å². The Morgan fingerprint density at radius 2 is 1.84 bits per heavy atom. The van der Waals surface area contributed by atoms with E-state index in [1.54, 1.807) is 44.4 Å². The van der Waals surface area contributed by atoms with Crippen molar-refractivity contribution in [1.29, 1.82) is 0 Å². The van der Waals surface area contributed by atoms with E-state index in [2.05, 4.69) is 26.2 Å². The smallest absolute Gasteiger partial charge is 0.267 e. The van der Waals surface area contributed by atoms with E-state index in [9.17, 15) is 9.59 Å². The van der Waals surface area contributed by atoms with Crippen molar-refractivity contribution in [2.24, 2.45) is 0 Å². The van der Waals surface area contributed by atoms with Crippen LogP contribution >= 0.6 is 27.3 Å². The van der Waals surface area contributed by atoms with Crippen LogP contribution in [-0.4, -0.2) is 23.8 Å². The molecule has 0 spiro atoms. The van der Waals surface area contributed by atoms with Crippen molar-refractivity contribution in [3.8, 4) is 5.75 Å². The summed E-state index contributed by atoms with van der Waals surface area (Å²) in [6.45, 7) is 3.69. The number of carbonyl (C=O) groups excluding carboxylic acids is 2. The highest BCUT2D eigenvalue weighted by Crippen LogP contribution is 2.35. The summed E-state index contributed by atoms with van der Waals surface area (Å²) < 4.78 is 6.06. The number of nitrogens with two attached hydrogens (primary N) is 1. The number of hydrogen-bond donors (Lipinski definition) is 2. The average Bonchev–Trinajstić information content (AvgIpc) is 3.11. The molecular formula is C24H20BrN3O3S. The van der Waals surface area contributed by atoms with Crippen molar-refractivity contribution in [2.45, 2.75) is 13.8 Å². The molecule has 0 bridgehead atoms. The zero-order valence-electron chi connectivity index (χ0n) is 17.7. The third kappa shape index (κ3) is 3.99. The summed E-state index contributed by atoms with van der Waals surface area (Å²) in [5, 5.41) is 3.50. The second-order valence-corrected chi connectivity index (χ2v) is 9.10. The number of pyridine rings is 1. The Morgan fingerprint density at radius 3 is 2.53 bits per heavy atom. The third-order valence-corrected chi connectivity index (χ3v) is 7.20. The number of ether oxygens (including phenoxy) is 1. The lowest BCUT2D eigenvalue weighted by Crippen LogP contribution is -2.13. The molecule has 0 aliphatic rings. The van der Waals surface area contributed by atoms with Gasteiger partial charge in [0.25, 0.3) is 5.91 Å². The number of anilines is 2. The summed E-state index contributed by atoms with van der Waals surface area (Å²) in [4.78, 5) is 31.6. The summed E-state index contributed by atoms with van der Waals surface area (Å²) in [6, 6.07) is 14.2. The molecule has 162 valence electrons. The van der Waals surface area contributed by atoms with Gasteiger partial charge in [-0.3, -0.25) is 9.59 Å². The molecule has 6 nitrogen and oxygen atoms in total. The standard InChI is InChI=1S/C24H20BrN3O3S/c1-12-18(25)5-4-6-19(12)28-23(30)22-20(26)17-11-16(13(2)27-24(17)32-22)21(29)14-7-9-15(31-3)10-8-14/h4-11H,26H2,1-3H3,(H,28,30). The first-order valence-electron chi connectivity index (χ1n) is 9.75. The maximum absolute atomic E-state index is 13.1. The first-order chi connectivity index (χ1) is 15.3. The van der Waals surface area contributed by atoms with Crippen LogP contribution in [0.15, 0.2) is 53.0 Å². The van der Waals surface area contributed by atoms with Crippen LogP contribution < -0.4 is 15.8 Å². The van der Waals surface area contributed by atoms with Gasteiger partial charge in [-0.15, -0.1) is 11.3 Å². The van der Waals surface area contributed by atoms with Crippen LogP contribution in [0.5, 0.6) is 5.75 Å². The molecule has 0 radical (unpaired) electrons. The zero-order valence-corrected chi connectivity index (χ0v) is 20.1. The second-order valence-electron chi connectivity index (χ2n) is 7.24. The number of aromatic nitrogens is 1. The van der Waals surface area contributed by atoms with Gasteiger partial charge in [0.15, 0.2) is 5.78 Å². The van der Waals surface area contributed by atoms with E-state index in [1.165, 1.54) is 11.3 Å². The number of aryl methyl sites for hydroxylation is 1. The normalized spacial score (nSPS) is 10.9. The van der Waals surface area contributed by atoms with Gasteiger partial charge in [0.2, 0.25) is 0 Å². The van der Waals surface area contributed by atoms with E-state index in [0.29, 0.717) is 49.0 Å². The highest BCUT2D eigenvalue weighted by molar-refractivity contribution is 9.10. The molecule has 0 atom stereocenters. The van der Waals surface area contributed by atoms with E-state index in [1.807, 2.05) is 25.1 Å². The van der Waals surface area contributed by atoms with Crippen LogP contribution in [0.25, 0.3) is 10.2 Å². The summed E-state index contributed by atoms with van der Waals surface area (Å²) in [7, 11) is 1.57. The van der Waals surface area contributed by atoms with E-state index in [-0.39, 0.29) is 11.7 Å². The second kappa shape index (κ2) is 8.72. The number of rotatable bonds is 5. The van der Waals surface area contributed by atoms with E-state index in [4.69, 9.17) is 10.5 Å². The number of nitrogen functional groups attached to an aromatic ring is 1. The lowest BCUT2D eigenvalue weighted by Gasteiger charge is -2.09.